The summed E-state index contributed by atoms with van der Waals surface area (Å²) in [6, 6.07) is 6.74. The average molecular weight is 859 g/mol. The number of nitrogens with zero attached hydrogens (tertiary/aromatic N) is 5. The zero-order valence-electron chi connectivity index (χ0n) is 37.7. The molecule has 3 aliphatic heterocycles. The van der Waals surface area contributed by atoms with Crippen molar-refractivity contribution >= 4 is 33.8 Å². The summed E-state index contributed by atoms with van der Waals surface area (Å²) in [5.41, 5.74) is 6.56. The molecule has 338 valence electrons. The van der Waals surface area contributed by atoms with Crippen molar-refractivity contribution in [2.24, 2.45) is 17.6 Å². The molecule has 2 aromatic carbocycles. The smallest absolute Gasteiger partial charge is 0.318 e. The lowest BCUT2D eigenvalue weighted by Crippen LogP contribution is -2.46. The van der Waals surface area contributed by atoms with Gasteiger partial charge in [-0.15, -0.1) is 6.42 Å². The van der Waals surface area contributed by atoms with Gasteiger partial charge in [-0.25, -0.2) is 13.2 Å². The highest BCUT2D eigenvalue weighted by atomic mass is 19.1. The maximum Gasteiger partial charge on any atom is 0.318 e. The Balaban J connectivity index is 0.000000229. The minimum absolute atomic E-state index is 0.0173. The standard InChI is InChI=1S/C27H25F2N5O2.C16H32O.C7H12FN/c1-5-18-21(28)7-6-15-9-17(35-3)10-19(22(15)18)24-23(29)25-20(11-31-24)26(33-27(32-25)36-4)34-12-14(2)8-16(30)13-34;1-3-5-7-9-10-12-14-16(15-17)13-11-8-6-4-2;8-6-4-7-2-1-3-9(7)5-6/h1,6-7,9-11,14,16H,8,12-13,30H2,2-4H3;15-16H,3-14H2,1-2H3;6-7H,1-5H2/t;;6-,7?/m..1/s1. The van der Waals surface area contributed by atoms with Gasteiger partial charge in [0, 0.05) is 54.8 Å². The predicted molar refractivity (Wildman–Crippen MR) is 246 cm³/mol. The summed E-state index contributed by atoms with van der Waals surface area (Å²) in [6.07, 6.45) is 27.4. The molecule has 0 spiro atoms. The van der Waals surface area contributed by atoms with Gasteiger partial charge in [0.25, 0.3) is 0 Å². The molecule has 0 aliphatic carbocycles. The van der Waals surface area contributed by atoms with Crippen LogP contribution in [0.25, 0.3) is 32.9 Å². The van der Waals surface area contributed by atoms with Gasteiger partial charge in [-0.1, -0.05) is 97.0 Å². The van der Waals surface area contributed by atoms with Crippen LogP contribution in [0, 0.1) is 35.8 Å². The number of terminal acetylenes is 1. The number of ether oxygens (including phenoxy) is 2. The molecule has 4 aromatic rings. The second-order valence-corrected chi connectivity index (χ2v) is 17.5. The van der Waals surface area contributed by atoms with Gasteiger partial charge in [-0.3, -0.25) is 9.88 Å². The molecule has 7 rings (SSSR count). The van der Waals surface area contributed by atoms with Crippen molar-refractivity contribution < 1.29 is 27.4 Å². The van der Waals surface area contributed by atoms with Gasteiger partial charge < -0.3 is 24.9 Å². The first-order valence-electron chi connectivity index (χ1n) is 23.1. The SMILES string of the molecule is C#Cc1c(F)ccc2cc(OC)cc(-c3ncc4c(N5CC(C)CC(N)C5)nc(OC)nc4c3F)c12.CCCCCCCCC(C=O)CCCCCC.F[C@@H]1CC2CCCN2C1. The van der Waals surface area contributed by atoms with E-state index in [1.165, 1.54) is 110 Å². The van der Waals surface area contributed by atoms with Gasteiger partial charge in [-0.05, 0) is 74.6 Å². The van der Waals surface area contributed by atoms with Crippen LogP contribution in [0.4, 0.5) is 19.0 Å². The van der Waals surface area contributed by atoms with Gasteiger partial charge in [0.2, 0.25) is 0 Å². The third kappa shape index (κ3) is 12.8. The maximum absolute atomic E-state index is 16.2. The molecular formula is C50H69F3N6O3. The number of fused-ring (bicyclic) bond motifs is 3. The van der Waals surface area contributed by atoms with E-state index >= 15 is 4.39 Å². The summed E-state index contributed by atoms with van der Waals surface area (Å²) in [4.78, 5) is 28.5. The topological polar surface area (TPSA) is 107 Å². The Morgan fingerprint density at radius 2 is 1.66 bits per heavy atom. The van der Waals surface area contributed by atoms with Crippen LogP contribution in [0.15, 0.2) is 30.5 Å². The Kier molecular flexibility index (Phi) is 19.1. The van der Waals surface area contributed by atoms with E-state index in [4.69, 9.17) is 21.6 Å². The monoisotopic (exact) mass is 859 g/mol. The first-order chi connectivity index (χ1) is 30.0. The van der Waals surface area contributed by atoms with Crippen LogP contribution in [-0.2, 0) is 4.79 Å². The highest BCUT2D eigenvalue weighted by molar-refractivity contribution is 6.03. The number of anilines is 1. The minimum Gasteiger partial charge on any atom is -0.497 e. The Morgan fingerprint density at radius 3 is 2.31 bits per heavy atom. The quantitative estimate of drug-likeness (QED) is 0.0631. The van der Waals surface area contributed by atoms with Crippen LogP contribution >= 0.6 is 0 Å². The zero-order valence-corrected chi connectivity index (χ0v) is 37.7. The fraction of sp³-hybridized carbons (Fsp3) is 0.600. The molecule has 0 saturated carbocycles. The fourth-order valence-electron chi connectivity index (χ4n) is 9.30. The summed E-state index contributed by atoms with van der Waals surface area (Å²) in [5.74, 6) is 2.74. The Hall–Kier alpha value is -4.47. The van der Waals surface area contributed by atoms with Crippen LogP contribution in [0.2, 0.25) is 0 Å². The van der Waals surface area contributed by atoms with Crippen LogP contribution in [0.1, 0.15) is 129 Å². The van der Waals surface area contributed by atoms with Crippen LogP contribution in [-0.4, -0.2) is 84.8 Å². The minimum atomic E-state index is -0.703. The number of methoxy groups -OCH3 is 2. The number of hydrogen-bond donors (Lipinski definition) is 1. The summed E-state index contributed by atoms with van der Waals surface area (Å²) in [7, 11) is 2.92. The van der Waals surface area contributed by atoms with Crippen LogP contribution < -0.4 is 20.1 Å². The van der Waals surface area contributed by atoms with Crippen molar-refractivity contribution in [3.63, 3.8) is 0 Å². The zero-order chi connectivity index (χ0) is 44.6. The van der Waals surface area contributed by atoms with E-state index in [1.54, 1.807) is 18.2 Å². The van der Waals surface area contributed by atoms with Crippen molar-refractivity contribution in [2.45, 2.75) is 142 Å². The van der Waals surface area contributed by atoms with E-state index in [1.807, 2.05) is 4.90 Å². The molecule has 0 radical (unpaired) electrons. The fourth-order valence-corrected chi connectivity index (χ4v) is 9.30. The second kappa shape index (κ2) is 24.4. The number of benzene rings is 2. The van der Waals surface area contributed by atoms with Crippen molar-refractivity contribution in [3.8, 4) is 35.4 Å². The number of halogens is 3. The third-order valence-corrected chi connectivity index (χ3v) is 12.5. The third-order valence-electron chi connectivity index (χ3n) is 12.5. The van der Waals surface area contributed by atoms with Crippen LogP contribution in [0.3, 0.4) is 0 Å². The predicted octanol–water partition coefficient (Wildman–Crippen LogP) is 11.0. The Morgan fingerprint density at radius 1 is 0.952 bits per heavy atom. The van der Waals surface area contributed by atoms with Gasteiger partial charge in [0.1, 0.15) is 41.1 Å². The number of carbonyl (C=O) groups is 1. The molecule has 5 atom stereocenters. The number of aromatic nitrogens is 3. The van der Waals surface area contributed by atoms with E-state index < -0.39 is 17.8 Å². The van der Waals surface area contributed by atoms with Gasteiger partial charge in [0.05, 0.1) is 25.2 Å². The first kappa shape index (κ1) is 48.6. The van der Waals surface area contributed by atoms with Gasteiger partial charge in [0.15, 0.2) is 5.82 Å². The number of piperidine rings is 1. The molecule has 0 bridgehead atoms. The molecule has 0 amide bonds. The lowest BCUT2D eigenvalue weighted by Gasteiger charge is -2.36. The number of nitrogens with two attached hydrogens (primary N) is 1. The number of pyridine rings is 1. The molecule has 5 heterocycles. The summed E-state index contributed by atoms with van der Waals surface area (Å²) < 4.78 is 54.2. The summed E-state index contributed by atoms with van der Waals surface area (Å²) >= 11 is 0. The highest BCUT2D eigenvalue weighted by Crippen LogP contribution is 2.39. The Bertz CT molecular complexity index is 2070. The molecule has 12 heteroatoms. The molecule has 3 aliphatic rings. The summed E-state index contributed by atoms with van der Waals surface area (Å²) in [5, 5.41) is 1.38. The lowest BCUT2D eigenvalue weighted by atomic mass is 9.95. The van der Waals surface area contributed by atoms with Crippen LogP contribution in [0.5, 0.6) is 11.8 Å². The van der Waals surface area contributed by atoms with Crippen molar-refractivity contribution in [1.82, 2.24) is 19.9 Å². The number of alkyl halides is 1. The molecule has 2 aromatic heterocycles. The molecular weight excluding hydrogens is 790 g/mol. The number of rotatable bonds is 17. The molecule has 4 unspecified atom stereocenters. The van der Waals surface area contributed by atoms with Gasteiger partial charge >= 0.3 is 6.01 Å². The second-order valence-electron chi connectivity index (χ2n) is 17.5. The number of unbranched alkanes of at least 4 members (excludes halogenated alkanes) is 8. The molecule has 9 nitrogen and oxygen atoms in total. The Labute approximate surface area is 367 Å². The number of hydrogen-bond acceptors (Lipinski definition) is 9. The van der Waals surface area contributed by atoms with Crippen molar-refractivity contribution in [3.05, 3.63) is 47.7 Å². The maximum atomic E-state index is 16.2. The number of aldehydes is 1. The average Bonchev–Trinajstić information content (AvgIpc) is 3.86. The molecule has 2 N–H and O–H groups in total. The highest BCUT2D eigenvalue weighted by Gasteiger charge is 2.35. The first-order valence-corrected chi connectivity index (χ1v) is 23.1. The largest absolute Gasteiger partial charge is 0.497 e. The lowest BCUT2D eigenvalue weighted by molar-refractivity contribution is -0.111. The van der Waals surface area contributed by atoms with E-state index in [0.29, 0.717) is 70.8 Å². The van der Waals surface area contributed by atoms with E-state index in [2.05, 4.69) is 46.5 Å². The van der Waals surface area contributed by atoms with E-state index in [9.17, 15) is 13.6 Å². The molecule has 3 saturated heterocycles. The molecule has 62 heavy (non-hydrogen) atoms. The van der Waals surface area contributed by atoms with Crippen molar-refractivity contribution in [1.29, 1.82) is 0 Å². The van der Waals surface area contributed by atoms with E-state index in [-0.39, 0.29) is 28.8 Å². The normalized spacial score (nSPS) is 20.2. The summed E-state index contributed by atoms with van der Waals surface area (Å²) in [6.45, 7) is 9.72. The molecule has 3 fully saturated rings. The van der Waals surface area contributed by atoms with E-state index in [0.717, 1.165) is 32.2 Å². The van der Waals surface area contributed by atoms with Crippen molar-refractivity contribution in [2.75, 3.05) is 45.3 Å². The number of carbonyl (C=O) groups excluding carboxylic acids is 1. The van der Waals surface area contributed by atoms with Gasteiger partial charge in [-0.2, -0.15) is 9.97 Å².